The van der Waals surface area contributed by atoms with E-state index in [0.29, 0.717) is 17.1 Å². The van der Waals surface area contributed by atoms with Crippen LogP contribution in [0.5, 0.6) is 11.5 Å². The highest BCUT2D eigenvalue weighted by atomic mass is 16.5. The summed E-state index contributed by atoms with van der Waals surface area (Å²) in [5, 5.41) is 0. The van der Waals surface area contributed by atoms with Crippen molar-refractivity contribution in [3.63, 3.8) is 0 Å². The van der Waals surface area contributed by atoms with Gasteiger partial charge in [0, 0.05) is 24.1 Å². The highest BCUT2D eigenvalue weighted by Crippen LogP contribution is 2.35. The van der Waals surface area contributed by atoms with E-state index in [9.17, 15) is 4.79 Å². The van der Waals surface area contributed by atoms with Gasteiger partial charge in [0.05, 0.1) is 14.2 Å². The Bertz CT molecular complexity index is 980. The molecule has 1 fully saturated rings. The smallest absolute Gasteiger partial charge is 0.254 e. The number of nitrogens with zero attached hydrogens (tertiary/aromatic N) is 1. The van der Waals surface area contributed by atoms with E-state index in [1.165, 1.54) is 11.1 Å². The summed E-state index contributed by atoms with van der Waals surface area (Å²) in [5.41, 5.74) is 3.23. The minimum absolute atomic E-state index is 0.0653. The molecule has 1 amide bonds. The lowest BCUT2D eigenvalue weighted by atomic mass is 9.83. The minimum atomic E-state index is 0.0653. The molecule has 1 heterocycles. The van der Waals surface area contributed by atoms with Gasteiger partial charge in [0.15, 0.2) is 11.5 Å². The Balaban J connectivity index is 1.62. The van der Waals surface area contributed by atoms with Crippen molar-refractivity contribution in [2.75, 3.05) is 20.8 Å². The summed E-state index contributed by atoms with van der Waals surface area (Å²) in [6, 6.07) is 26.9. The SMILES string of the molecule is COc1ccc(C(=O)N2CCCCC2CC(c2ccccc2)c2ccccc2)cc1OC. The van der Waals surface area contributed by atoms with Crippen LogP contribution in [-0.2, 0) is 0 Å². The van der Waals surface area contributed by atoms with Crippen LogP contribution in [0.15, 0.2) is 78.9 Å². The predicted octanol–water partition coefficient (Wildman–Crippen LogP) is 5.92. The van der Waals surface area contributed by atoms with Crippen molar-refractivity contribution in [2.45, 2.75) is 37.6 Å². The molecule has 0 saturated carbocycles. The molecule has 0 spiro atoms. The summed E-state index contributed by atoms with van der Waals surface area (Å²) in [6.45, 7) is 0.786. The molecule has 0 bridgehead atoms. The molecule has 1 unspecified atom stereocenters. The van der Waals surface area contributed by atoms with Crippen LogP contribution < -0.4 is 9.47 Å². The van der Waals surface area contributed by atoms with Gasteiger partial charge in [-0.1, -0.05) is 60.7 Å². The number of hydrogen-bond acceptors (Lipinski definition) is 3. The lowest BCUT2D eigenvalue weighted by Gasteiger charge is -2.38. The fourth-order valence-electron chi connectivity index (χ4n) is 4.76. The van der Waals surface area contributed by atoms with Gasteiger partial charge in [-0.3, -0.25) is 4.79 Å². The largest absolute Gasteiger partial charge is 0.493 e. The van der Waals surface area contributed by atoms with Crippen LogP contribution >= 0.6 is 0 Å². The van der Waals surface area contributed by atoms with E-state index in [1.807, 2.05) is 12.1 Å². The standard InChI is InChI=1S/C28H31NO3/c1-31-26-17-16-23(19-27(26)32-2)28(30)29-18-10-9-15-24(29)20-25(21-11-5-3-6-12-21)22-13-7-4-8-14-22/h3-8,11-14,16-17,19,24-25H,9-10,15,18,20H2,1-2H3. The number of benzene rings is 3. The van der Waals surface area contributed by atoms with Crippen molar-refractivity contribution in [1.29, 1.82) is 0 Å². The van der Waals surface area contributed by atoms with Gasteiger partial charge in [-0.05, 0) is 55.0 Å². The Morgan fingerprint density at radius 2 is 1.50 bits per heavy atom. The van der Waals surface area contributed by atoms with Gasteiger partial charge < -0.3 is 14.4 Å². The molecule has 3 aromatic rings. The fraction of sp³-hybridized carbons (Fsp3) is 0.321. The molecule has 1 atom stereocenters. The zero-order valence-electron chi connectivity index (χ0n) is 18.9. The Morgan fingerprint density at radius 3 is 2.09 bits per heavy atom. The first-order valence-corrected chi connectivity index (χ1v) is 11.3. The van der Waals surface area contributed by atoms with E-state index in [4.69, 9.17) is 9.47 Å². The molecule has 166 valence electrons. The second-order valence-electron chi connectivity index (χ2n) is 8.33. The van der Waals surface area contributed by atoms with Crippen molar-refractivity contribution in [3.05, 3.63) is 95.6 Å². The molecule has 4 nitrogen and oxygen atoms in total. The number of rotatable bonds is 7. The third kappa shape index (κ3) is 4.80. The normalized spacial score (nSPS) is 16.1. The van der Waals surface area contributed by atoms with Gasteiger partial charge in [-0.2, -0.15) is 0 Å². The first-order chi connectivity index (χ1) is 15.7. The fourth-order valence-corrected chi connectivity index (χ4v) is 4.76. The number of piperidine rings is 1. The van der Waals surface area contributed by atoms with Crippen LogP contribution in [0.4, 0.5) is 0 Å². The molecule has 4 rings (SSSR count). The molecule has 3 aromatic carbocycles. The van der Waals surface area contributed by atoms with Gasteiger partial charge in [0.25, 0.3) is 5.91 Å². The maximum atomic E-state index is 13.6. The average molecular weight is 430 g/mol. The maximum Gasteiger partial charge on any atom is 0.254 e. The van der Waals surface area contributed by atoms with Crippen LogP contribution in [0.1, 0.15) is 53.1 Å². The molecule has 1 saturated heterocycles. The number of methoxy groups -OCH3 is 2. The lowest BCUT2D eigenvalue weighted by molar-refractivity contribution is 0.0595. The topological polar surface area (TPSA) is 38.8 Å². The highest BCUT2D eigenvalue weighted by Gasteiger charge is 2.31. The first kappa shape index (κ1) is 21.9. The maximum absolute atomic E-state index is 13.6. The monoisotopic (exact) mass is 429 g/mol. The number of likely N-dealkylation sites (tertiary alicyclic amines) is 1. The Kier molecular flexibility index (Phi) is 7.10. The van der Waals surface area contributed by atoms with E-state index in [2.05, 4.69) is 65.6 Å². The van der Waals surface area contributed by atoms with Crippen molar-refractivity contribution in [3.8, 4) is 11.5 Å². The summed E-state index contributed by atoms with van der Waals surface area (Å²) < 4.78 is 10.8. The molecule has 1 aliphatic rings. The summed E-state index contributed by atoms with van der Waals surface area (Å²) >= 11 is 0. The van der Waals surface area contributed by atoms with Crippen molar-refractivity contribution >= 4 is 5.91 Å². The predicted molar refractivity (Wildman–Crippen MR) is 128 cm³/mol. The van der Waals surface area contributed by atoms with Crippen LogP contribution in [0.25, 0.3) is 0 Å². The zero-order chi connectivity index (χ0) is 22.3. The van der Waals surface area contributed by atoms with E-state index >= 15 is 0 Å². The molecule has 1 aliphatic heterocycles. The van der Waals surface area contributed by atoms with Crippen molar-refractivity contribution < 1.29 is 14.3 Å². The van der Waals surface area contributed by atoms with E-state index in [0.717, 1.165) is 32.2 Å². The van der Waals surface area contributed by atoms with Gasteiger partial charge in [-0.25, -0.2) is 0 Å². The second kappa shape index (κ2) is 10.4. The van der Waals surface area contributed by atoms with Gasteiger partial charge >= 0.3 is 0 Å². The molecule has 0 radical (unpaired) electrons. The zero-order valence-corrected chi connectivity index (χ0v) is 18.9. The molecule has 0 N–H and O–H groups in total. The molecule has 4 heteroatoms. The van der Waals surface area contributed by atoms with Crippen LogP contribution in [0, 0.1) is 0 Å². The van der Waals surface area contributed by atoms with Crippen LogP contribution in [0.2, 0.25) is 0 Å². The summed E-state index contributed by atoms with van der Waals surface area (Å²) in [5.74, 6) is 1.53. The first-order valence-electron chi connectivity index (χ1n) is 11.3. The average Bonchev–Trinajstić information content (AvgIpc) is 2.87. The third-order valence-corrected chi connectivity index (χ3v) is 6.43. The van der Waals surface area contributed by atoms with Crippen LogP contribution in [0.3, 0.4) is 0 Å². The number of carbonyl (C=O) groups is 1. The van der Waals surface area contributed by atoms with Gasteiger partial charge in [-0.15, -0.1) is 0 Å². The molecular weight excluding hydrogens is 398 g/mol. The summed E-state index contributed by atoms with van der Waals surface area (Å²) in [4.78, 5) is 15.6. The van der Waals surface area contributed by atoms with Crippen molar-refractivity contribution in [1.82, 2.24) is 4.90 Å². The molecule has 0 aliphatic carbocycles. The molecular formula is C28H31NO3. The lowest BCUT2D eigenvalue weighted by Crippen LogP contribution is -2.44. The summed E-state index contributed by atoms with van der Waals surface area (Å²) in [6.07, 6.45) is 4.12. The number of hydrogen-bond donors (Lipinski definition) is 0. The van der Waals surface area contributed by atoms with Crippen molar-refractivity contribution in [2.24, 2.45) is 0 Å². The van der Waals surface area contributed by atoms with E-state index in [1.54, 1.807) is 20.3 Å². The Morgan fingerprint density at radius 1 is 0.875 bits per heavy atom. The second-order valence-corrected chi connectivity index (χ2v) is 8.33. The summed E-state index contributed by atoms with van der Waals surface area (Å²) in [7, 11) is 3.20. The highest BCUT2D eigenvalue weighted by molar-refractivity contribution is 5.95. The third-order valence-electron chi connectivity index (χ3n) is 6.43. The number of carbonyl (C=O) groups excluding carboxylic acids is 1. The molecule has 32 heavy (non-hydrogen) atoms. The molecule has 0 aromatic heterocycles. The van der Waals surface area contributed by atoms with Crippen LogP contribution in [-0.4, -0.2) is 37.6 Å². The quantitative estimate of drug-likeness (QED) is 0.468. The number of amides is 1. The van der Waals surface area contributed by atoms with Gasteiger partial charge in [0.2, 0.25) is 0 Å². The van der Waals surface area contributed by atoms with E-state index in [-0.39, 0.29) is 17.9 Å². The van der Waals surface area contributed by atoms with E-state index < -0.39 is 0 Å². The Labute approximate surface area is 190 Å². The minimum Gasteiger partial charge on any atom is -0.493 e. The Hall–Kier alpha value is -3.27. The van der Waals surface area contributed by atoms with Gasteiger partial charge in [0.1, 0.15) is 0 Å². The number of ether oxygens (including phenoxy) is 2.